The van der Waals surface area contributed by atoms with Crippen molar-refractivity contribution in [2.24, 2.45) is 17.0 Å². The first kappa shape index (κ1) is 23.2. The van der Waals surface area contributed by atoms with E-state index in [0.29, 0.717) is 17.0 Å². The van der Waals surface area contributed by atoms with Gasteiger partial charge in [0.2, 0.25) is 0 Å². The molecule has 0 bridgehead atoms. The first-order valence-electron chi connectivity index (χ1n) is 9.50. The van der Waals surface area contributed by atoms with Crippen molar-refractivity contribution < 1.29 is 31.2 Å². The van der Waals surface area contributed by atoms with E-state index in [-0.39, 0.29) is 10.7 Å². The van der Waals surface area contributed by atoms with Crippen LogP contribution in [0.15, 0.2) is 68.8 Å². The van der Waals surface area contributed by atoms with E-state index in [0.717, 1.165) is 15.9 Å². The van der Waals surface area contributed by atoms with E-state index in [2.05, 4.69) is 21.1 Å². The second-order valence-corrected chi connectivity index (χ2v) is 9.07. The van der Waals surface area contributed by atoms with E-state index in [4.69, 9.17) is 16.4 Å². The van der Waals surface area contributed by atoms with Crippen molar-refractivity contribution in [1.82, 2.24) is 0 Å². The van der Waals surface area contributed by atoms with Gasteiger partial charge in [0, 0.05) is 33.0 Å². The molecule has 1 aliphatic heterocycles. The Kier molecular flexibility index (Phi) is 5.65. The summed E-state index contributed by atoms with van der Waals surface area (Å²) < 4.78 is 84.2. The van der Waals surface area contributed by atoms with Crippen molar-refractivity contribution in [3.8, 4) is 0 Å². The molecule has 0 saturated carbocycles. The van der Waals surface area contributed by atoms with Gasteiger partial charge in [0.1, 0.15) is 0 Å². The van der Waals surface area contributed by atoms with Crippen LogP contribution in [-0.4, -0.2) is 23.7 Å². The van der Waals surface area contributed by atoms with E-state index >= 15 is 0 Å². The van der Waals surface area contributed by atoms with Crippen molar-refractivity contribution in [2.75, 3.05) is 0 Å². The number of nitrogens with zero attached hydrogens (tertiary/aromatic N) is 1. The highest BCUT2D eigenvalue weighted by atomic mass is 79.9. The predicted octanol–water partition coefficient (Wildman–Crippen LogP) is 7.91. The van der Waals surface area contributed by atoms with E-state index in [1.807, 2.05) is 0 Å². The van der Waals surface area contributed by atoms with Gasteiger partial charge in [-0.1, -0.05) is 76.0 Å². The van der Waals surface area contributed by atoms with Crippen molar-refractivity contribution in [3.63, 3.8) is 0 Å². The van der Waals surface area contributed by atoms with Crippen molar-refractivity contribution in [1.29, 1.82) is 0 Å². The maximum atomic E-state index is 14.3. The Bertz CT molecular complexity index is 1170. The summed E-state index contributed by atoms with van der Waals surface area (Å²) in [4.78, 5) is 4.95. The van der Waals surface area contributed by atoms with Gasteiger partial charge in [-0.25, -0.2) is 0 Å². The number of oxime groups is 1. The van der Waals surface area contributed by atoms with Crippen LogP contribution >= 0.6 is 27.5 Å². The van der Waals surface area contributed by atoms with Crippen LogP contribution in [0.4, 0.5) is 26.3 Å². The second-order valence-electron chi connectivity index (χ2n) is 7.78. The molecule has 2 nitrogen and oxygen atoms in total. The molecule has 0 radical (unpaired) electrons. The Morgan fingerprint density at radius 3 is 2.34 bits per heavy atom. The highest BCUT2D eigenvalue weighted by Gasteiger charge is 2.64. The molecule has 170 valence electrons. The monoisotopic (exact) mass is 537 g/mol. The molecule has 0 spiro atoms. The summed E-state index contributed by atoms with van der Waals surface area (Å²) in [5.74, 6) is -3.38. The van der Waals surface area contributed by atoms with Crippen LogP contribution in [0.5, 0.6) is 0 Å². The summed E-state index contributed by atoms with van der Waals surface area (Å²) in [7, 11) is 0. The van der Waals surface area contributed by atoms with Crippen molar-refractivity contribution >= 4 is 44.0 Å². The zero-order chi connectivity index (χ0) is 23.5. The summed E-state index contributed by atoms with van der Waals surface area (Å²) >= 11 is 9.36. The van der Waals surface area contributed by atoms with E-state index in [1.165, 1.54) is 6.92 Å². The highest BCUT2D eigenvalue weighted by Crippen LogP contribution is 2.51. The summed E-state index contributed by atoms with van der Waals surface area (Å²) in [6, 6.07) is 10.3. The van der Waals surface area contributed by atoms with Gasteiger partial charge in [0.05, 0.1) is 11.6 Å². The molecule has 0 amide bonds. The molecule has 3 unspecified atom stereocenters. The van der Waals surface area contributed by atoms with E-state index in [9.17, 15) is 26.3 Å². The van der Waals surface area contributed by atoms with Gasteiger partial charge in [0.25, 0.3) is 5.60 Å². The molecule has 0 aromatic heterocycles. The Morgan fingerprint density at radius 1 is 1.06 bits per heavy atom. The molecule has 3 atom stereocenters. The lowest BCUT2D eigenvalue weighted by Gasteiger charge is -2.35. The fourth-order valence-corrected chi connectivity index (χ4v) is 4.76. The molecular weight excluding hydrogens is 524 g/mol. The highest BCUT2D eigenvalue weighted by molar-refractivity contribution is 9.10. The standard InChI is InChI=1S/C22H15BrClF6NO/c1-11-16(21(25,26)27)8-12(9-18(11)24)20(22(28,29)30)10-19(31-32-20)15-6-7-17(23)14-5-3-2-4-13(14)15/h2-9,11,16H,10H2,1H3. The second kappa shape index (κ2) is 7.80. The number of hydrogen-bond donors (Lipinski definition) is 0. The van der Waals surface area contributed by atoms with Crippen LogP contribution in [0.2, 0.25) is 0 Å². The number of fused-ring (bicyclic) bond motifs is 1. The SMILES string of the molecule is CC1C(Cl)=CC(C2(C(F)(F)F)CC(c3ccc(Br)c4ccccc34)=NO2)=CC1C(F)(F)F. The van der Waals surface area contributed by atoms with Crippen LogP contribution in [0.1, 0.15) is 18.9 Å². The van der Waals surface area contributed by atoms with Gasteiger partial charge in [0.15, 0.2) is 0 Å². The number of allylic oxidation sites excluding steroid dienone is 2. The lowest BCUT2D eigenvalue weighted by Crippen LogP contribution is -2.48. The molecule has 2 aromatic rings. The quantitative estimate of drug-likeness (QED) is 0.356. The first-order chi connectivity index (χ1) is 14.8. The molecule has 1 aliphatic carbocycles. The molecule has 10 heteroatoms. The van der Waals surface area contributed by atoms with Crippen LogP contribution in [0.25, 0.3) is 10.8 Å². The van der Waals surface area contributed by atoms with Crippen molar-refractivity contribution in [2.45, 2.75) is 31.3 Å². The molecule has 32 heavy (non-hydrogen) atoms. The van der Waals surface area contributed by atoms with Gasteiger partial charge < -0.3 is 4.84 Å². The zero-order valence-corrected chi connectivity index (χ0v) is 18.7. The maximum absolute atomic E-state index is 14.3. The normalized spacial score (nSPS) is 26.5. The lowest BCUT2D eigenvalue weighted by molar-refractivity contribution is -0.252. The van der Waals surface area contributed by atoms with Gasteiger partial charge in [-0.05, 0) is 22.9 Å². The molecule has 1 heterocycles. The van der Waals surface area contributed by atoms with Crippen LogP contribution < -0.4 is 0 Å². The molecule has 0 fully saturated rings. The minimum absolute atomic E-state index is 0.0152. The molecule has 4 rings (SSSR count). The number of benzene rings is 2. The van der Waals surface area contributed by atoms with E-state index < -0.39 is 41.8 Å². The Balaban J connectivity index is 1.81. The summed E-state index contributed by atoms with van der Waals surface area (Å²) in [5, 5.41) is 4.77. The molecule has 0 N–H and O–H groups in total. The summed E-state index contributed by atoms with van der Waals surface area (Å²) in [5.41, 5.74) is -3.38. The number of halogens is 8. The van der Waals surface area contributed by atoms with E-state index in [1.54, 1.807) is 36.4 Å². The average molecular weight is 539 g/mol. The summed E-state index contributed by atoms with van der Waals surface area (Å²) in [6.07, 6.45) is -9.12. The zero-order valence-electron chi connectivity index (χ0n) is 16.4. The van der Waals surface area contributed by atoms with Crippen LogP contribution in [-0.2, 0) is 4.84 Å². The Morgan fingerprint density at radius 2 is 1.72 bits per heavy atom. The van der Waals surface area contributed by atoms with Gasteiger partial charge in [-0.15, -0.1) is 0 Å². The van der Waals surface area contributed by atoms with Crippen molar-refractivity contribution in [3.05, 3.63) is 69.2 Å². The number of rotatable bonds is 2. The largest absolute Gasteiger partial charge is 0.435 e. The van der Waals surface area contributed by atoms with Gasteiger partial charge >= 0.3 is 12.4 Å². The maximum Gasteiger partial charge on any atom is 0.435 e. The minimum atomic E-state index is -5.04. The van der Waals surface area contributed by atoms with Crippen LogP contribution in [0, 0.1) is 11.8 Å². The van der Waals surface area contributed by atoms with Crippen LogP contribution in [0.3, 0.4) is 0 Å². The predicted molar refractivity (Wildman–Crippen MR) is 113 cm³/mol. The third-order valence-electron chi connectivity index (χ3n) is 5.84. The Labute approximate surface area is 192 Å². The minimum Gasteiger partial charge on any atom is -0.374 e. The lowest BCUT2D eigenvalue weighted by atomic mass is 9.78. The van der Waals surface area contributed by atoms with Gasteiger partial charge in [-0.3, -0.25) is 0 Å². The first-order valence-corrected chi connectivity index (χ1v) is 10.7. The smallest absolute Gasteiger partial charge is 0.374 e. The fourth-order valence-electron chi connectivity index (χ4n) is 4.03. The fraction of sp³-hybridized carbons (Fsp3) is 0.318. The Hall–Kier alpha value is -2.00. The number of alkyl halides is 6. The summed E-state index contributed by atoms with van der Waals surface area (Å²) in [6.45, 7) is 1.22. The molecule has 2 aliphatic rings. The average Bonchev–Trinajstić information content (AvgIpc) is 3.16. The van der Waals surface area contributed by atoms with Gasteiger partial charge in [-0.2, -0.15) is 26.3 Å². The third kappa shape index (κ3) is 3.73. The molecule has 2 aromatic carbocycles. The molecule has 0 saturated heterocycles. The molecular formula is C22H15BrClF6NO. The topological polar surface area (TPSA) is 21.6 Å². The number of hydrogen-bond acceptors (Lipinski definition) is 2. The third-order valence-corrected chi connectivity index (χ3v) is 6.98.